The van der Waals surface area contributed by atoms with E-state index in [2.05, 4.69) is 10.0 Å². The van der Waals surface area contributed by atoms with Crippen molar-refractivity contribution in [3.05, 3.63) is 77.9 Å². The van der Waals surface area contributed by atoms with Crippen molar-refractivity contribution in [3.63, 3.8) is 0 Å². The zero-order valence-corrected chi connectivity index (χ0v) is 20.3. The molecule has 1 atom stereocenters. The summed E-state index contributed by atoms with van der Waals surface area (Å²) >= 11 is 0. The lowest BCUT2D eigenvalue weighted by molar-refractivity contribution is -0.117. The summed E-state index contributed by atoms with van der Waals surface area (Å²) in [6.07, 6.45) is 0.146. The minimum atomic E-state index is -4.08. The maximum Gasteiger partial charge on any atom is 0.243 e. The van der Waals surface area contributed by atoms with Crippen LogP contribution in [-0.2, 0) is 21.2 Å². The Kier molecular flexibility index (Phi) is 8.14. The number of carbonyl (C=O) groups excluding carboxylic acids is 1. The van der Waals surface area contributed by atoms with E-state index in [4.69, 9.17) is 14.2 Å². The van der Waals surface area contributed by atoms with Crippen LogP contribution in [0.3, 0.4) is 0 Å². The Morgan fingerprint density at radius 2 is 1.50 bits per heavy atom. The molecule has 3 aromatic rings. The first-order chi connectivity index (χ1) is 16.3. The third-order valence-corrected chi connectivity index (χ3v) is 6.64. The van der Waals surface area contributed by atoms with Crippen molar-refractivity contribution in [3.8, 4) is 17.2 Å². The number of hydrogen-bond acceptors (Lipinski definition) is 6. The predicted octanol–water partition coefficient (Wildman–Crippen LogP) is 3.55. The highest BCUT2D eigenvalue weighted by molar-refractivity contribution is 7.89. The second-order valence-electron chi connectivity index (χ2n) is 7.57. The van der Waals surface area contributed by atoms with Gasteiger partial charge in [0.25, 0.3) is 0 Å². The number of amides is 1. The standard InChI is InChI=1S/C25H28N2O6S/c1-17-10-12-22(31-2)20(14-17)26-25(28)21(15-18-8-6-5-7-9-18)27-34(29,30)19-11-13-23(32-3)24(16-19)33-4/h5-14,16,21,27H,15H2,1-4H3,(H,26,28)/t21-/m1/s1. The van der Waals surface area contributed by atoms with Crippen LogP contribution in [-0.4, -0.2) is 41.7 Å². The fourth-order valence-corrected chi connectivity index (χ4v) is 4.63. The van der Waals surface area contributed by atoms with Gasteiger partial charge in [-0.2, -0.15) is 4.72 Å². The third kappa shape index (κ3) is 6.06. The molecule has 0 spiro atoms. The summed E-state index contributed by atoms with van der Waals surface area (Å²) in [4.78, 5) is 13.2. The second-order valence-corrected chi connectivity index (χ2v) is 9.29. The zero-order valence-electron chi connectivity index (χ0n) is 19.5. The largest absolute Gasteiger partial charge is 0.495 e. The van der Waals surface area contributed by atoms with Gasteiger partial charge in [0, 0.05) is 6.07 Å². The monoisotopic (exact) mass is 484 g/mol. The third-order valence-electron chi connectivity index (χ3n) is 5.17. The molecule has 0 aromatic heterocycles. The molecule has 8 nitrogen and oxygen atoms in total. The summed E-state index contributed by atoms with van der Waals surface area (Å²) in [5.74, 6) is 0.613. The van der Waals surface area contributed by atoms with Gasteiger partial charge in [-0.25, -0.2) is 8.42 Å². The van der Waals surface area contributed by atoms with Gasteiger partial charge in [0.1, 0.15) is 11.8 Å². The summed E-state index contributed by atoms with van der Waals surface area (Å²) in [5, 5.41) is 2.80. The first kappa shape index (κ1) is 25.1. The smallest absolute Gasteiger partial charge is 0.243 e. The van der Waals surface area contributed by atoms with Gasteiger partial charge in [-0.3, -0.25) is 4.79 Å². The summed E-state index contributed by atoms with van der Waals surface area (Å²) in [6, 6.07) is 17.7. The van der Waals surface area contributed by atoms with Crippen molar-refractivity contribution < 1.29 is 27.4 Å². The van der Waals surface area contributed by atoms with Crippen LogP contribution < -0.4 is 24.2 Å². The van der Waals surface area contributed by atoms with E-state index in [1.807, 2.05) is 43.3 Å². The van der Waals surface area contributed by atoms with Gasteiger partial charge in [0.05, 0.1) is 31.9 Å². The molecule has 34 heavy (non-hydrogen) atoms. The van der Waals surface area contributed by atoms with Crippen LogP contribution in [0, 0.1) is 6.92 Å². The molecule has 3 rings (SSSR count). The summed E-state index contributed by atoms with van der Waals surface area (Å²) in [5.41, 5.74) is 2.17. The number of ether oxygens (including phenoxy) is 3. The quantitative estimate of drug-likeness (QED) is 0.456. The molecule has 0 unspecified atom stereocenters. The van der Waals surface area contributed by atoms with E-state index >= 15 is 0 Å². The van der Waals surface area contributed by atoms with Gasteiger partial charge in [-0.1, -0.05) is 36.4 Å². The van der Waals surface area contributed by atoms with Crippen molar-refractivity contribution >= 4 is 21.6 Å². The number of nitrogens with one attached hydrogen (secondary N) is 2. The van der Waals surface area contributed by atoms with Gasteiger partial charge in [-0.05, 0) is 48.7 Å². The predicted molar refractivity (Wildman–Crippen MR) is 130 cm³/mol. The number of aryl methyl sites for hydroxylation is 1. The molecule has 9 heteroatoms. The van der Waals surface area contributed by atoms with E-state index in [0.717, 1.165) is 11.1 Å². The molecule has 0 radical (unpaired) electrons. The highest BCUT2D eigenvalue weighted by Gasteiger charge is 2.27. The van der Waals surface area contributed by atoms with E-state index in [9.17, 15) is 13.2 Å². The molecule has 0 saturated heterocycles. The van der Waals surface area contributed by atoms with Crippen molar-refractivity contribution in [2.75, 3.05) is 26.6 Å². The number of hydrogen-bond donors (Lipinski definition) is 2. The molecule has 0 saturated carbocycles. The second kappa shape index (κ2) is 11.0. The molecule has 3 aromatic carbocycles. The highest BCUT2D eigenvalue weighted by Crippen LogP contribution is 2.30. The van der Waals surface area contributed by atoms with Crippen LogP contribution in [0.15, 0.2) is 71.6 Å². The van der Waals surface area contributed by atoms with E-state index in [1.165, 1.54) is 39.5 Å². The Balaban J connectivity index is 1.93. The van der Waals surface area contributed by atoms with E-state index in [1.54, 1.807) is 12.1 Å². The Hall–Kier alpha value is -3.56. The van der Waals surface area contributed by atoms with Crippen molar-refractivity contribution in [2.45, 2.75) is 24.3 Å². The van der Waals surface area contributed by atoms with Crippen LogP contribution in [0.1, 0.15) is 11.1 Å². The maximum atomic E-state index is 13.3. The molecule has 0 heterocycles. The van der Waals surface area contributed by atoms with Gasteiger partial charge in [0.15, 0.2) is 11.5 Å². The summed E-state index contributed by atoms with van der Waals surface area (Å²) < 4.78 is 44.7. The number of benzene rings is 3. The Bertz CT molecular complexity index is 1250. The highest BCUT2D eigenvalue weighted by atomic mass is 32.2. The Morgan fingerprint density at radius 3 is 2.15 bits per heavy atom. The number of carbonyl (C=O) groups is 1. The molecule has 0 aliphatic heterocycles. The van der Waals surface area contributed by atoms with Gasteiger partial charge < -0.3 is 19.5 Å². The van der Waals surface area contributed by atoms with Crippen LogP contribution in [0.25, 0.3) is 0 Å². The van der Waals surface area contributed by atoms with E-state index < -0.39 is 22.0 Å². The molecule has 0 aliphatic rings. The van der Waals surface area contributed by atoms with Crippen molar-refractivity contribution in [2.24, 2.45) is 0 Å². The zero-order chi connectivity index (χ0) is 24.7. The normalized spacial score (nSPS) is 12.0. The first-order valence-electron chi connectivity index (χ1n) is 10.5. The minimum Gasteiger partial charge on any atom is -0.495 e. The number of anilines is 1. The lowest BCUT2D eigenvalue weighted by atomic mass is 10.1. The lowest BCUT2D eigenvalue weighted by Crippen LogP contribution is -2.45. The molecule has 2 N–H and O–H groups in total. The average Bonchev–Trinajstić information content (AvgIpc) is 2.83. The van der Waals surface area contributed by atoms with Crippen molar-refractivity contribution in [1.82, 2.24) is 4.72 Å². The number of rotatable bonds is 10. The summed E-state index contributed by atoms with van der Waals surface area (Å²) in [6.45, 7) is 1.89. The SMILES string of the molecule is COc1ccc(C)cc1NC(=O)[C@@H](Cc1ccccc1)NS(=O)(=O)c1ccc(OC)c(OC)c1. The Labute approximate surface area is 199 Å². The topological polar surface area (TPSA) is 103 Å². The number of sulfonamides is 1. The van der Waals surface area contributed by atoms with Crippen LogP contribution in [0.2, 0.25) is 0 Å². The lowest BCUT2D eigenvalue weighted by Gasteiger charge is -2.20. The van der Waals surface area contributed by atoms with Crippen LogP contribution in [0.4, 0.5) is 5.69 Å². The first-order valence-corrected chi connectivity index (χ1v) is 12.0. The average molecular weight is 485 g/mol. The van der Waals surface area contributed by atoms with Crippen LogP contribution in [0.5, 0.6) is 17.2 Å². The fraction of sp³-hybridized carbons (Fsp3) is 0.240. The molecule has 0 bridgehead atoms. The molecule has 1 amide bonds. The van der Waals surface area contributed by atoms with Gasteiger partial charge in [-0.15, -0.1) is 0 Å². The minimum absolute atomic E-state index is 0.0517. The molecular formula is C25H28N2O6S. The summed E-state index contributed by atoms with van der Waals surface area (Å²) in [7, 11) is 0.307. The molecule has 0 fully saturated rings. The van der Waals surface area contributed by atoms with E-state index in [0.29, 0.717) is 17.2 Å². The number of methoxy groups -OCH3 is 3. The van der Waals surface area contributed by atoms with E-state index in [-0.39, 0.29) is 17.1 Å². The fourth-order valence-electron chi connectivity index (χ4n) is 3.42. The Morgan fingerprint density at radius 1 is 0.853 bits per heavy atom. The molecular weight excluding hydrogens is 456 g/mol. The molecule has 180 valence electrons. The van der Waals surface area contributed by atoms with Crippen LogP contribution >= 0.6 is 0 Å². The molecule has 0 aliphatic carbocycles. The maximum absolute atomic E-state index is 13.3. The van der Waals surface area contributed by atoms with Crippen molar-refractivity contribution in [1.29, 1.82) is 0 Å². The van der Waals surface area contributed by atoms with Gasteiger partial charge in [0.2, 0.25) is 15.9 Å². The van der Waals surface area contributed by atoms with Gasteiger partial charge >= 0.3 is 0 Å².